The van der Waals surface area contributed by atoms with E-state index in [0.717, 1.165) is 16.9 Å². The number of aromatic nitrogens is 1. The van der Waals surface area contributed by atoms with Crippen molar-refractivity contribution < 1.29 is 9.13 Å². The fraction of sp³-hybridized carbons (Fsp3) is 0.400. The molecule has 0 aliphatic carbocycles. The molecule has 1 aromatic heterocycles. The minimum atomic E-state index is -0.328. The van der Waals surface area contributed by atoms with Gasteiger partial charge in [0.1, 0.15) is 17.1 Å². The lowest BCUT2D eigenvalue weighted by atomic mass is 9.96. The summed E-state index contributed by atoms with van der Waals surface area (Å²) in [5.41, 5.74) is 3.19. The molecule has 0 radical (unpaired) electrons. The number of hydrogen-bond donors (Lipinski definition) is 1. The number of pyridine rings is 1. The highest BCUT2D eigenvalue weighted by Gasteiger charge is 2.19. The summed E-state index contributed by atoms with van der Waals surface area (Å²) in [6, 6.07) is 3.03. The van der Waals surface area contributed by atoms with Gasteiger partial charge in [0.05, 0.1) is 18.2 Å². The van der Waals surface area contributed by atoms with Crippen molar-refractivity contribution >= 4 is 16.6 Å². The van der Waals surface area contributed by atoms with Crippen molar-refractivity contribution in [3.05, 3.63) is 29.2 Å². The van der Waals surface area contributed by atoms with Gasteiger partial charge in [0.2, 0.25) is 0 Å². The van der Waals surface area contributed by atoms with E-state index in [2.05, 4.69) is 24.1 Å². The van der Waals surface area contributed by atoms with Crippen LogP contribution in [0.5, 0.6) is 5.75 Å². The Labute approximate surface area is 112 Å². The average Bonchev–Trinajstić information content (AvgIpc) is 2.38. The zero-order valence-corrected chi connectivity index (χ0v) is 12.0. The Hall–Kier alpha value is -1.84. The van der Waals surface area contributed by atoms with Crippen LogP contribution in [0.25, 0.3) is 10.9 Å². The van der Waals surface area contributed by atoms with E-state index in [0.29, 0.717) is 22.6 Å². The Bertz CT molecular complexity index is 623. The molecular weight excluding hydrogens is 243 g/mol. The molecule has 0 aliphatic rings. The van der Waals surface area contributed by atoms with Crippen LogP contribution in [0.2, 0.25) is 0 Å². The van der Waals surface area contributed by atoms with E-state index in [4.69, 9.17) is 4.74 Å². The van der Waals surface area contributed by atoms with Crippen molar-refractivity contribution in [2.24, 2.45) is 0 Å². The number of nitrogens with one attached hydrogen (secondary N) is 1. The molecule has 0 atom stereocenters. The van der Waals surface area contributed by atoms with Crippen molar-refractivity contribution in [2.75, 3.05) is 19.5 Å². The topological polar surface area (TPSA) is 34.2 Å². The molecule has 0 saturated carbocycles. The van der Waals surface area contributed by atoms with Crippen molar-refractivity contribution in [3.63, 3.8) is 0 Å². The van der Waals surface area contributed by atoms with E-state index < -0.39 is 0 Å². The third-order valence-electron chi connectivity index (χ3n) is 3.33. The van der Waals surface area contributed by atoms with Crippen LogP contribution in [0, 0.1) is 12.7 Å². The maximum absolute atomic E-state index is 14.0. The molecule has 0 unspecified atom stereocenters. The predicted octanol–water partition coefficient (Wildman–Crippen LogP) is 3.86. The number of halogens is 1. The SMILES string of the molecule is CNc1c(C(C)C)c(C)nc2c(F)ccc(OC)c12. The lowest BCUT2D eigenvalue weighted by Crippen LogP contribution is -2.05. The first-order valence-electron chi connectivity index (χ1n) is 6.35. The number of rotatable bonds is 3. The van der Waals surface area contributed by atoms with E-state index in [1.54, 1.807) is 13.2 Å². The standard InChI is InChI=1S/C15H19FN2O/c1-8(2)12-9(3)18-14-10(16)6-7-11(19-5)13(14)15(12)17-4/h6-8H,1-5H3,(H,17,18). The van der Waals surface area contributed by atoms with Gasteiger partial charge in [0.15, 0.2) is 0 Å². The summed E-state index contributed by atoms with van der Waals surface area (Å²) in [6.45, 7) is 6.11. The van der Waals surface area contributed by atoms with Crippen LogP contribution in [-0.4, -0.2) is 19.1 Å². The molecule has 102 valence electrons. The minimum absolute atomic E-state index is 0.298. The van der Waals surface area contributed by atoms with Crippen LogP contribution in [-0.2, 0) is 0 Å². The minimum Gasteiger partial charge on any atom is -0.496 e. The number of hydrogen-bond acceptors (Lipinski definition) is 3. The molecule has 4 heteroatoms. The highest BCUT2D eigenvalue weighted by molar-refractivity contribution is 5.98. The lowest BCUT2D eigenvalue weighted by molar-refractivity contribution is 0.419. The van der Waals surface area contributed by atoms with Gasteiger partial charge in [-0.15, -0.1) is 0 Å². The molecule has 0 bridgehead atoms. The zero-order valence-electron chi connectivity index (χ0n) is 12.0. The number of nitrogens with zero attached hydrogens (tertiary/aromatic N) is 1. The molecule has 0 fully saturated rings. The molecule has 2 aromatic rings. The summed E-state index contributed by atoms with van der Waals surface area (Å²) in [4.78, 5) is 4.42. The van der Waals surface area contributed by atoms with E-state index in [9.17, 15) is 4.39 Å². The van der Waals surface area contributed by atoms with Gasteiger partial charge in [-0.1, -0.05) is 13.8 Å². The summed E-state index contributed by atoms with van der Waals surface area (Å²) >= 11 is 0. The Morgan fingerprint density at radius 3 is 2.53 bits per heavy atom. The second-order valence-electron chi connectivity index (χ2n) is 4.86. The third-order valence-corrected chi connectivity index (χ3v) is 3.33. The van der Waals surface area contributed by atoms with Gasteiger partial charge in [0, 0.05) is 12.7 Å². The largest absolute Gasteiger partial charge is 0.496 e. The third kappa shape index (κ3) is 2.11. The van der Waals surface area contributed by atoms with Crippen molar-refractivity contribution in [1.29, 1.82) is 0 Å². The summed E-state index contributed by atoms with van der Waals surface area (Å²) < 4.78 is 19.3. The van der Waals surface area contributed by atoms with Crippen LogP contribution >= 0.6 is 0 Å². The van der Waals surface area contributed by atoms with Crippen molar-refractivity contribution in [3.8, 4) is 5.75 Å². The summed E-state index contributed by atoms with van der Waals surface area (Å²) in [6.07, 6.45) is 0. The lowest BCUT2D eigenvalue weighted by Gasteiger charge is -2.19. The van der Waals surface area contributed by atoms with Crippen molar-refractivity contribution in [1.82, 2.24) is 4.98 Å². The smallest absolute Gasteiger partial charge is 0.149 e. The molecule has 19 heavy (non-hydrogen) atoms. The highest BCUT2D eigenvalue weighted by Crippen LogP contribution is 2.39. The Balaban J connectivity index is 2.98. The number of methoxy groups -OCH3 is 1. The number of benzene rings is 1. The first kappa shape index (κ1) is 13.6. The fourth-order valence-electron chi connectivity index (χ4n) is 2.58. The molecule has 2 rings (SSSR count). The summed E-state index contributed by atoms with van der Waals surface area (Å²) in [7, 11) is 3.42. The summed E-state index contributed by atoms with van der Waals surface area (Å²) in [5.74, 6) is 0.605. The van der Waals surface area contributed by atoms with Gasteiger partial charge in [-0.05, 0) is 30.5 Å². The van der Waals surface area contributed by atoms with Gasteiger partial charge >= 0.3 is 0 Å². The van der Waals surface area contributed by atoms with Crippen LogP contribution in [0.3, 0.4) is 0 Å². The Morgan fingerprint density at radius 2 is 2.00 bits per heavy atom. The zero-order chi connectivity index (χ0) is 14.2. The van der Waals surface area contributed by atoms with Gasteiger partial charge in [-0.3, -0.25) is 0 Å². The monoisotopic (exact) mass is 262 g/mol. The number of aryl methyl sites for hydroxylation is 1. The molecule has 0 spiro atoms. The second kappa shape index (κ2) is 5.03. The first-order valence-corrected chi connectivity index (χ1v) is 6.35. The highest BCUT2D eigenvalue weighted by atomic mass is 19.1. The molecule has 0 amide bonds. The summed E-state index contributed by atoms with van der Waals surface area (Å²) in [5, 5.41) is 3.88. The number of ether oxygens (including phenoxy) is 1. The van der Waals surface area contributed by atoms with Crippen molar-refractivity contribution in [2.45, 2.75) is 26.7 Å². The maximum Gasteiger partial charge on any atom is 0.149 e. The molecule has 1 aromatic carbocycles. The van der Waals surface area contributed by atoms with Gasteiger partial charge in [-0.25, -0.2) is 9.37 Å². The normalized spacial score (nSPS) is 11.1. The van der Waals surface area contributed by atoms with Crippen LogP contribution < -0.4 is 10.1 Å². The Morgan fingerprint density at radius 1 is 1.32 bits per heavy atom. The molecule has 1 heterocycles. The predicted molar refractivity (Wildman–Crippen MR) is 76.6 cm³/mol. The number of fused-ring (bicyclic) bond motifs is 1. The van der Waals surface area contributed by atoms with Gasteiger partial charge in [0.25, 0.3) is 0 Å². The molecule has 3 nitrogen and oxygen atoms in total. The Kier molecular flexibility index (Phi) is 3.60. The van der Waals surface area contributed by atoms with Gasteiger partial charge in [-0.2, -0.15) is 0 Å². The molecule has 1 N–H and O–H groups in total. The number of anilines is 1. The van der Waals surface area contributed by atoms with E-state index in [1.165, 1.54) is 6.07 Å². The van der Waals surface area contributed by atoms with E-state index >= 15 is 0 Å². The molecule has 0 saturated heterocycles. The van der Waals surface area contributed by atoms with Crippen LogP contribution in [0.15, 0.2) is 12.1 Å². The molecule has 0 aliphatic heterocycles. The van der Waals surface area contributed by atoms with Gasteiger partial charge < -0.3 is 10.1 Å². The van der Waals surface area contributed by atoms with Crippen LogP contribution in [0.4, 0.5) is 10.1 Å². The van der Waals surface area contributed by atoms with Crippen LogP contribution in [0.1, 0.15) is 31.0 Å². The first-order chi connectivity index (χ1) is 9.01. The average molecular weight is 262 g/mol. The van der Waals surface area contributed by atoms with E-state index in [1.807, 2.05) is 14.0 Å². The maximum atomic E-state index is 14.0. The van der Waals surface area contributed by atoms with E-state index in [-0.39, 0.29) is 5.82 Å². The molecular formula is C15H19FN2O. The fourth-order valence-corrected chi connectivity index (χ4v) is 2.58. The second-order valence-corrected chi connectivity index (χ2v) is 4.86. The quantitative estimate of drug-likeness (QED) is 0.912.